The number of fused-ring (bicyclic) bond motifs is 2. The average molecular weight is 389 g/mol. The van der Waals surface area contributed by atoms with Gasteiger partial charge in [0.2, 0.25) is 0 Å². The number of nitrogens with zero attached hydrogens (tertiary/aromatic N) is 3. The third-order valence-corrected chi connectivity index (χ3v) is 5.70. The quantitative estimate of drug-likeness (QED) is 0.465. The van der Waals surface area contributed by atoms with Crippen LogP contribution in [0.4, 0.5) is 10.2 Å². The maximum atomic E-state index is 13.5. The molecule has 0 unspecified atom stereocenters. The Hall–Kier alpha value is -3.32. The summed E-state index contributed by atoms with van der Waals surface area (Å²) in [6, 6.07) is 14.4. The molecule has 0 aliphatic rings. The molecule has 0 amide bonds. The molecule has 2 aromatic carbocycles. The smallest absolute Gasteiger partial charge is 0.163 e. The zero-order valence-electron chi connectivity index (χ0n) is 14.8. The van der Waals surface area contributed by atoms with Gasteiger partial charge < -0.3 is 10.7 Å². The van der Waals surface area contributed by atoms with Crippen LogP contribution < -0.4 is 5.73 Å². The van der Waals surface area contributed by atoms with Crippen molar-refractivity contribution in [1.29, 1.82) is 0 Å². The van der Waals surface area contributed by atoms with Gasteiger partial charge in [-0.25, -0.2) is 19.3 Å². The summed E-state index contributed by atoms with van der Waals surface area (Å²) in [7, 11) is 0. The van der Waals surface area contributed by atoms with Gasteiger partial charge in [0.25, 0.3) is 0 Å². The Morgan fingerprint density at radius 3 is 2.79 bits per heavy atom. The van der Waals surface area contributed by atoms with Crippen molar-refractivity contribution in [2.24, 2.45) is 0 Å². The van der Waals surface area contributed by atoms with E-state index in [-0.39, 0.29) is 5.82 Å². The van der Waals surface area contributed by atoms with Crippen LogP contribution in [0.2, 0.25) is 0 Å². The second-order valence-electron chi connectivity index (χ2n) is 6.56. The molecule has 0 spiro atoms. The molecular formula is C21H16FN5S. The molecule has 5 rings (SSSR count). The van der Waals surface area contributed by atoms with E-state index in [1.54, 1.807) is 12.1 Å². The van der Waals surface area contributed by atoms with Crippen molar-refractivity contribution in [2.45, 2.75) is 12.8 Å². The summed E-state index contributed by atoms with van der Waals surface area (Å²) in [6.45, 7) is 0. The van der Waals surface area contributed by atoms with E-state index in [2.05, 4.69) is 32.1 Å². The van der Waals surface area contributed by atoms with Gasteiger partial charge in [0.1, 0.15) is 16.2 Å². The van der Waals surface area contributed by atoms with Gasteiger partial charge in [-0.15, -0.1) is 0 Å². The van der Waals surface area contributed by atoms with Crippen molar-refractivity contribution in [3.63, 3.8) is 0 Å². The van der Waals surface area contributed by atoms with Gasteiger partial charge in [0, 0.05) is 29.1 Å². The predicted molar refractivity (Wildman–Crippen MR) is 111 cm³/mol. The number of thiazole rings is 1. The molecule has 0 saturated carbocycles. The number of aromatic amines is 1. The molecule has 0 radical (unpaired) electrons. The number of anilines is 1. The lowest BCUT2D eigenvalue weighted by Gasteiger charge is -2.01. The summed E-state index contributed by atoms with van der Waals surface area (Å²) in [4.78, 5) is 17.5. The third kappa shape index (κ3) is 2.99. The van der Waals surface area contributed by atoms with E-state index in [9.17, 15) is 4.39 Å². The van der Waals surface area contributed by atoms with Crippen LogP contribution >= 0.6 is 11.3 Å². The zero-order chi connectivity index (χ0) is 19.1. The molecule has 138 valence electrons. The van der Waals surface area contributed by atoms with Gasteiger partial charge in [0.05, 0.1) is 5.01 Å². The molecule has 28 heavy (non-hydrogen) atoms. The normalized spacial score (nSPS) is 11.5. The molecule has 0 fully saturated rings. The number of rotatable bonds is 4. The molecule has 3 aromatic heterocycles. The third-order valence-electron chi connectivity index (χ3n) is 4.70. The number of H-pyrrole nitrogens is 1. The summed E-state index contributed by atoms with van der Waals surface area (Å²) >= 11 is 1.51. The monoisotopic (exact) mass is 389 g/mol. The molecule has 5 aromatic rings. The van der Waals surface area contributed by atoms with Crippen LogP contribution in [0.15, 0.2) is 54.7 Å². The highest BCUT2D eigenvalue weighted by Gasteiger charge is 2.14. The van der Waals surface area contributed by atoms with Crippen LogP contribution in [-0.2, 0) is 12.8 Å². The first-order chi connectivity index (χ1) is 13.7. The Kier molecular flexibility index (Phi) is 4.02. The maximum absolute atomic E-state index is 13.5. The van der Waals surface area contributed by atoms with Crippen molar-refractivity contribution in [3.05, 3.63) is 71.1 Å². The van der Waals surface area contributed by atoms with E-state index < -0.39 is 0 Å². The van der Waals surface area contributed by atoms with Crippen LogP contribution in [0.3, 0.4) is 0 Å². The minimum atomic E-state index is -0.330. The fraction of sp³-hybridized carbons (Fsp3) is 0.0952. The van der Waals surface area contributed by atoms with Crippen molar-refractivity contribution < 1.29 is 4.39 Å². The van der Waals surface area contributed by atoms with Crippen LogP contribution in [0.1, 0.15) is 10.6 Å². The van der Waals surface area contributed by atoms with E-state index in [0.717, 1.165) is 28.2 Å². The van der Waals surface area contributed by atoms with Crippen LogP contribution in [0, 0.1) is 5.82 Å². The van der Waals surface area contributed by atoms with Crippen LogP contribution in [0.5, 0.6) is 0 Å². The molecule has 0 atom stereocenters. The van der Waals surface area contributed by atoms with Gasteiger partial charge in [-0.2, -0.15) is 0 Å². The van der Waals surface area contributed by atoms with E-state index in [4.69, 9.17) is 5.73 Å². The summed E-state index contributed by atoms with van der Waals surface area (Å²) < 4.78 is 13.5. The fourth-order valence-electron chi connectivity index (χ4n) is 3.33. The summed E-state index contributed by atoms with van der Waals surface area (Å²) in [6.07, 6.45) is 3.71. The highest BCUT2D eigenvalue weighted by Crippen LogP contribution is 2.28. The van der Waals surface area contributed by atoms with Crippen LogP contribution in [0.25, 0.3) is 32.6 Å². The van der Waals surface area contributed by atoms with Gasteiger partial charge in [-0.3, -0.25) is 0 Å². The lowest BCUT2D eigenvalue weighted by atomic mass is 10.1. The zero-order valence-corrected chi connectivity index (χ0v) is 15.6. The Balaban J connectivity index is 1.45. The predicted octanol–water partition coefficient (Wildman–Crippen LogP) is 4.74. The number of nitrogens with one attached hydrogen (secondary N) is 1. The number of aromatic nitrogens is 4. The second kappa shape index (κ2) is 6.69. The lowest BCUT2D eigenvalue weighted by Crippen LogP contribution is -1.97. The molecule has 5 nitrogen and oxygen atoms in total. The highest BCUT2D eigenvalue weighted by molar-refractivity contribution is 7.18. The number of nitrogens with two attached hydrogens (primary N) is 1. The molecule has 0 aliphatic heterocycles. The van der Waals surface area contributed by atoms with Crippen molar-refractivity contribution in [3.8, 4) is 11.4 Å². The molecule has 0 saturated heterocycles. The van der Waals surface area contributed by atoms with Crippen LogP contribution in [-0.4, -0.2) is 19.9 Å². The maximum Gasteiger partial charge on any atom is 0.163 e. The minimum Gasteiger partial charge on any atom is -0.382 e. The number of nitrogen functional groups attached to an aromatic ring is 1. The van der Waals surface area contributed by atoms with Crippen molar-refractivity contribution in [2.75, 3.05) is 5.73 Å². The first kappa shape index (κ1) is 16.8. The molecule has 7 heteroatoms. The van der Waals surface area contributed by atoms with E-state index in [0.29, 0.717) is 22.7 Å². The van der Waals surface area contributed by atoms with Crippen molar-refractivity contribution in [1.82, 2.24) is 19.9 Å². The Morgan fingerprint density at radius 2 is 1.89 bits per heavy atom. The number of halogens is 1. The average Bonchev–Trinajstić information content (AvgIpc) is 3.30. The standard InChI is InChI=1S/C21H16FN5S/c22-14-5-3-4-12(10-14)20-26-19(23)18-21(27-20)28-17(25-18)9-8-13-11-24-16-7-2-1-6-15(13)16/h1-7,10-11,24H,8-9H2,(H2,23,26,27). The molecule has 3 N–H and O–H groups in total. The first-order valence-corrected chi connectivity index (χ1v) is 9.73. The number of para-hydroxylation sites is 1. The highest BCUT2D eigenvalue weighted by atomic mass is 32.1. The summed E-state index contributed by atoms with van der Waals surface area (Å²) in [5.74, 6) is 0.402. The van der Waals surface area contributed by atoms with Gasteiger partial charge in [-0.05, 0) is 30.2 Å². The Labute approximate surface area is 164 Å². The van der Waals surface area contributed by atoms with Gasteiger partial charge in [0.15, 0.2) is 11.6 Å². The van der Waals surface area contributed by atoms with Gasteiger partial charge >= 0.3 is 0 Å². The lowest BCUT2D eigenvalue weighted by molar-refractivity contribution is 0.628. The SMILES string of the molecule is Nc1nc(-c2cccc(F)c2)nc2sc(CCc3c[nH]c4ccccc34)nc12. The topological polar surface area (TPSA) is 80.5 Å². The number of aryl methyl sites for hydroxylation is 2. The summed E-state index contributed by atoms with van der Waals surface area (Å²) in [5.41, 5.74) is 9.71. The number of hydrogen-bond donors (Lipinski definition) is 2. The second-order valence-corrected chi connectivity index (χ2v) is 7.63. The molecule has 0 bridgehead atoms. The van der Waals surface area contributed by atoms with E-state index >= 15 is 0 Å². The fourth-order valence-corrected chi connectivity index (χ4v) is 4.27. The number of benzene rings is 2. The largest absolute Gasteiger partial charge is 0.382 e. The first-order valence-electron chi connectivity index (χ1n) is 8.91. The Bertz CT molecular complexity index is 1310. The Morgan fingerprint density at radius 1 is 1.00 bits per heavy atom. The molecule has 3 heterocycles. The van der Waals surface area contributed by atoms with Gasteiger partial charge in [-0.1, -0.05) is 41.7 Å². The van der Waals surface area contributed by atoms with E-state index in [1.165, 1.54) is 34.4 Å². The molecular weight excluding hydrogens is 373 g/mol. The van der Waals surface area contributed by atoms with Crippen molar-refractivity contribution >= 4 is 38.4 Å². The van der Waals surface area contributed by atoms with E-state index in [1.807, 2.05) is 18.3 Å². The summed E-state index contributed by atoms with van der Waals surface area (Å²) in [5, 5.41) is 2.19. The molecule has 0 aliphatic carbocycles. The number of hydrogen-bond acceptors (Lipinski definition) is 5. The minimum absolute atomic E-state index is 0.318.